The number of ether oxygens (including phenoxy) is 4. The summed E-state index contributed by atoms with van der Waals surface area (Å²) >= 11 is 0. The van der Waals surface area contributed by atoms with E-state index in [0.717, 1.165) is 6.07 Å². The van der Waals surface area contributed by atoms with Gasteiger partial charge in [0.25, 0.3) is 0 Å². The molecule has 9 N–H and O–H groups in total. The number of carbonyl (C=O) groups is 1. The second-order valence-electron chi connectivity index (χ2n) is 10.4. The minimum atomic E-state index is -1.85. The number of hydrogen-bond acceptors (Lipinski definition) is 14. The maximum atomic E-state index is 13.2. The second kappa shape index (κ2) is 11.3. The van der Waals surface area contributed by atoms with Crippen LogP contribution >= 0.6 is 0 Å². The molecule has 3 heterocycles. The van der Waals surface area contributed by atoms with Crippen LogP contribution in [0.2, 0.25) is 0 Å². The van der Waals surface area contributed by atoms with Crippen molar-refractivity contribution in [2.75, 3.05) is 6.61 Å². The molecule has 41 heavy (non-hydrogen) atoms. The molecule has 2 saturated heterocycles. The number of benzene rings is 2. The molecule has 2 aromatic carbocycles. The Kier molecular flexibility index (Phi) is 8.13. The zero-order chi connectivity index (χ0) is 29.7. The number of Topliss-reactive ketones (excluding diaryl/α,β-unsaturated/α-hetero) is 1. The maximum Gasteiger partial charge on any atom is 0.187 e. The van der Waals surface area contributed by atoms with Crippen LogP contribution in [-0.4, -0.2) is 113 Å². The van der Waals surface area contributed by atoms with E-state index >= 15 is 0 Å². The normalized spacial score (nSPS) is 37.3. The van der Waals surface area contributed by atoms with Crippen molar-refractivity contribution in [2.45, 2.75) is 80.7 Å². The number of phenolic OH excluding ortho intramolecular Hbond substituents is 3. The lowest BCUT2D eigenvalue weighted by Gasteiger charge is -2.46. The van der Waals surface area contributed by atoms with Crippen molar-refractivity contribution in [3.05, 3.63) is 47.0 Å². The third kappa shape index (κ3) is 5.22. The number of phenols is 3. The van der Waals surface area contributed by atoms with Crippen molar-refractivity contribution in [3.63, 3.8) is 0 Å². The Balaban J connectivity index is 1.51. The summed E-state index contributed by atoms with van der Waals surface area (Å²) in [4.78, 5) is 13.2. The number of aromatic hydroxyl groups is 3. The lowest BCUT2D eigenvalue weighted by atomic mass is 9.87. The number of aliphatic hydroxyl groups excluding tert-OH is 6. The second-order valence-corrected chi connectivity index (χ2v) is 10.4. The summed E-state index contributed by atoms with van der Waals surface area (Å²) in [6.07, 6.45) is -17.0. The molecule has 0 amide bonds. The van der Waals surface area contributed by atoms with Gasteiger partial charge in [-0.25, -0.2) is 0 Å². The number of ketones is 1. The molecule has 0 bridgehead atoms. The standard InChI is InChI=1S/C27H32O14/c1-9-19(32)22(35)24(37)27(38-9)41-26-23(36)20(33)16(8-28)40-25(26)18-13(31)7-15-17(21(18)34)12(30)6-14(39-15)10-2-4-11(29)5-3-10/h2-5,7,9,14,16,19-20,22-29,31-37H,6,8H2,1H3/t9-,14-,16+,19-,20+,22+,23-,24+,25-,26+,27-/m0/s1. The Hall–Kier alpha value is -3.05. The third-order valence-corrected chi connectivity index (χ3v) is 7.72. The molecule has 0 saturated carbocycles. The molecule has 0 radical (unpaired) electrons. The first-order valence-electron chi connectivity index (χ1n) is 13.0. The molecule has 0 aliphatic carbocycles. The van der Waals surface area contributed by atoms with Gasteiger partial charge in [-0.05, 0) is 24.6 Å². The van der Waals surface area contributed by atoms with E-state index in [-0.39, 0.29) is 23.5 Å². The number of aliphatic hydroxyl groups is 6. The van der Waals surface area contributed by atoms with E-state index in [0.29, 0.717) is 5.56 Å². The highest BCUT2D eigenvalue weighted by Gasteiger charge is 2.52. The predicted octanol–water partition coefficient (Wildman–Crippen LogP) is -1.12. The van der Waals surface area contributed by atoms with Crippen LogP contribution < -0.4 is 4.74 Å². The van der Waals surface area contributed by atoms with Gasteiger partial charge in [0.05, 0.1) is 24.7 Å². The lowest BCUT2D eigenvalue weighted by Crippen LogP contribution is -2.61. The summed E-state index contributed by atoms with van der Waals surface area (Å²) in [5, 5.41) is 93.6. The molecule has 0 unspecified atom stereocenters. The monoisotopic (exact) mass is 580 g/mol. The van der Waals surface area contributed by atoms with E-state index in [1.54, 1.807) is 12.1 Å². The summed E-state index contributed by atoms with van der Waals surface area (Å²) in [5.74, 6) is -2.11. The van der Waals surface area contributed by atoms with E-state index in [9.17, 15) is 50.8 Å². The topological polar surface area (TPSA) is 236 Å². The fourth-order valence-corrected chi connectivity index (χ4v) is 5.39. The molecular weight excluding hydrogens is 548 g/mol. The predicted molar refractivity (Wildman–Crippen MR) is 134 cm³/mol. The number of hydrogen-bond donors (Lipinski definition) is 9. The Bertz CT molecular complexity index is 1270. The smallest absolute Gasteiger partial charge is 0.187 e. The van der Waals surface area contributed by atoms with Gasteiger partial charge in [-0.15, -0.1) is 0 Å². The summed E-state index contributed by atoms with van der Waals surface area (Å²) < 4.78 is 22.8. The van der Waals surface area contributed by atoms with E-state index in [1.165, 1.54) is 19.1 Å². The molecule has 14 heteroatoms. The molecule has 5 rings (SSSR count). The third-order valence-electron chi connectivity index (χ3n) is 7.72. The summed E-state index contributed by atoms with van der Waals surface area (Å²) in [5.41, 5.74) is -0.168. The molecule has 0 aromatic heterocycles. The molecule has 2 fully saturated rings. The summed E-state index contributed by atoms with van der Waals surface area (Å²) in [6.45, 7) is 0.616. The van der Waals surface area contributed by atoms with E-state index < -0.39 is 96.8 Å². The molecule has 0 spiro atoms. The van der Waals surface area contributed by atoms with Crippen LogP contribution in [0.15, 0.2) is 30.3 Å². The Morgan fingerprint density at radius 1 is 0.902 bits per heavy atom. The molecular formula is C27H32O14. The first kappa shape index (κ1) is 29.4. The summed E-state index contributed by atoms with van der Waals surface area (Å²) in [7, 11) is 0. The Labute approximate surface area is 233 Å². The summed E-state index contributed by atoms with van der Waals surface area (Å²) in [6, 6.07) is 7.02. The van der Waals surface area contributed by atoms with Crippen molar-refractivity contribution in [3.8, 4) is 23.0 Å². The number of fused-ring (bicyclic) bond motifs is 1. The van der Waals surface area contributed by atoms with Crippen molar-refractivity contribution in [2.24, 2.45) is 0 Å². The van der Waals surface area contributed by atoms with Gasteiger partial charge in [-0.3, -0.25) is 4.79 Å². The minimum Gasteiger partial charge on any atom is -0.508 e. The molecule has 224 valence electrons. The van der Waals surface area contributed by atoms with Gasteiger partial charge in [-0.1, -0.05) is 12.1 Å². The molecule has 14 nitrogen and oxygen atoms in total. The van der Waals surface area contributed by atoms with Gasteiger partial charge < -0.3 is 64.9 Å². The van der Waals surface area contributed by atoms with Crippen LogP contribution in [0.3, 0.4) is 0 Å². The van der Waals surface area contributed by atoms with E-state index in [4.69, 9.17) is 18.9 Å². The van der Waals surface area contributed by atoms with E-state index in [2.05, 4.69) is 0 Å². The molecule has 3 aliphatic heterocycles. The van der Waals surface area contributed by atoms with Crippen LogP contribution in [0.25, 0.3) is 0 Å². The highest BCUT2D eigenvalue weighted by Crippen LogP contribution is 2.50. The van der Waals surface area contributed by atoms with Crippen molar-refractivity contribution in [1.82, 2.24) is 0 Å². The van der Waals surface area contributed by atoms with Crippen molar-refractivity contribution in [1.29, 1.82) is 0 Å². The first-order chi connectivity index (χ1) is 19.4. The van der Waals surface area contributed by atoms with Crippen LogP contribution in [0.5, 0.6) is 23.0 Å². The Morgan fingerprint density at radius 2 is 1.59 bits per heavy atom. The number of carbonyl (C=O) groups excluding carboxylic acids is 1. The fraction of sp³-hybridized carbons (Fsp3) is 0.519. The SMILES string of the molecule is C[C@@H]1O[C@@H](O[C@@H]2[C@@H](O)[C@H](O)[C@@H](CO)O[C@H]2c2c(O)cc3c(c2O)C(=O)C[C@@H](c2ccc(O)cc2)O3)[C@H](O)[C@H](O)[C@H]1O. The highest BCUT2D eigenvalue weighted by atomic mass is 16.7. The fourth-order valence-electron chi connectivity index (χ4n) is 5.39. The number of rotatable bonds is 5. The lowest BCUT2D eigenvalue weighted by molar-refractivity contribution is -0.338. The largest absolute Gasteiger partial charge is 0.508 e. The van der Waals surface area contributed by atoms with Crippen molar-refractivity contribution < 1.29 is 69.7 Å². The maximum absolute atomic E-state index is 13.2. The van der Waals surface area contributed by atoms with Crippen LogP contribution in [0, 0.1) is 0 Å². The van der Waals surface area contributed by atoms with Gasteiger partial charge in [0.15, 0.2) is 12.1 Å². The van der Waals surface area contributed by atoms with Gasteiger partial charge >= 0.3 is 0 Å². The van der Waals surface area contributed by atoms with Crippen molar-refractivity contribution >= 4 is 5.78 Å². The Morgan fingerprint density at radius 3 is 2.24 bits per heavy atom. The molecule has 3 aliphatic rings. The zero-order valence-electron chi connectivity index (χ0n) is 21.7. The van der Waals surface area contributed by atoms with Crippen LogP contribution in [0.4, 0.5) is 0 Å². The average molecular weight is 581 g/mol. The van der Waals surface area contributed by atoms with Gasteiger partial charge in [0.2, 0.25) is 0 Å². The minimum absolute atomic E-state index is 0.0141. The first-order valence-corrected chi connectivity index (χ1v) is 13.0. The average Bonchev–Trinajstić information content (AvgIpc) is 2.93. The van der Waals surface area contributed by atoms with Crippen LogP contribution in [0.1, 0.15) is 47.0 Å². The van der Waals surface area contributed by atoms with Gasteiger partial charge in [0, 0.05) is 6.07 Å². The quantitative estimate of drug-likeness (QED) is 0.204. The zero-order valence-corrected chi connectivity index (χ0v) is 21.7. The van der Waals surface area contributed by atoms with Gasteiger partial charge in [-0.2, -0.15) is 0 Å². The van der Waals surface area contributed by atoms with Gasteiger partial charge in [0.1, 0.15) is 83.5 Å². The van der Waals surface area contributed by atoms with E-state index in [1.807, 2.05) is 0 Å². The molecule has 11 atom stereocenters. The van der Waals surface area contributed by atoms with Crippen LogP contribution in [-0.2, 0) is 14.2 Å². The highest BCUT2D eigenvalue weighted by molar-refractivity contribution is 6.03. The molecule has 2 aromatic rings.